The Morgan fingerprint density at radius 3 is 2.67 bits per heavy atom. The molecule has 108 valence electrons. The molecule has 0 radical (unpaired) electrons. The molecule has 0 amide bonds. The van der Waals surface area contributed by atoms with Gasteiger partial charge in [-0.15, -0.1) is 0 Å². The molecule has 0 fully saturated rings. The van der Waals surface area contributed by atoms with Gasteiger partial charge in [-0.05, 0) is 19.1 Å². The topological polar surface area (TPSA) is 103 Å². The number of benzene rings is 1. The molecule has 8 heteroatoms. The molecule has 1 aromatic carbocycles. The van der Waals surface area contributed by atoms with Gasteiger partial charge in [-0.2, -0.15) is 0 Å². The van der Waals surface area contributed by atoms with Gasteiger partial charge in [0.2, 0.25) is 5.88 Å². The lowest BCUT2D eigenvalue weighted by Crippen LogP contribution is -2.00. The van der Waals surface area contributed by atoms with E-state index in [-0.39, 0.29) is 17.2 Å². The number of aromatic nitrogens is 1. The van der Waals surface area contributed by atoms with Gasteiger partial charge in [-0.1, -0.05) is 0 Å². The molecule has 7 nitrogen and oxygen atoms in total. The van der Waals surface area contributed by atoms with Crippen molar-refractivity contribution in [3.8, 4) is 11.6 Å². The van der Waals surface area contributed by atoms with E-state index >= 15 is 0 Å². The van der Waals surface area contributed by atoms with Gasteiger partial charge in [-0.25, -0.2) is 14.2 Å². The average Bonchev–Trinajstić information content (AvgIpc) is 2.40. The van der Waals surface area contributed by atoms with E-state index in [2.05, 4.69) is 4.98 Å². The minimum Gasteiger partial charge on any atom is -0.478 e. The summed E-state index contributed by atoms with van der Waals surface area (Å²) in [6.45, 7) is 1.56. The number of rotatable bonds is 4. The average molecular weight is 292 g/mol. The van der Waals surface area contributed by atoms with Crippen LogP contribution in [0.3, 0.4) is 0 Å². The van der Waals surface area contributed by atoms with Gasteiger partial charge in [0.05, 0.1) is 16.6 Å². The Hall–Kier alpha value is -3.03. The molecule has 0 aliphatic rings. The number of ether oxygens (including phenoxy) is 1. The zero-order chi connectivity index (χ0) is 15.6. The van der Waals surface area contributed by atoms with E-state index in [1.807, 2.05) is 0 Å². The van der Waals surface area contributed by atoms with Crippen molar-refractivity contribution < 1.29 is 24.0 Å². The van der Waals surface area contributed by atoms with Crippen LogP contribution < -0.4 is 4.74 Å². The Labute approximate surface area is 117 Å². The molecule has 0 saturated heterocycles. The fourth-order valence-corrected chi connectivity index (χ4v) is 1.61. The van der Waals surface area contributed by atoms with E-state index in [0.29, 0.717) is 11.8 Å². The van der Waals surface area contributed by atoms with Crippen molar-refractivity contribution in [2.75, 3.05) is 0 Å². The van der Waals surface area contributed by atoms with Gasteiger partial charge >= 0.3 is 5.97 Å². The monoisotopic (exact) mass is 292 g/mol. The van der Waals surface area contributed by atoms with Crippen LogP contribution in [-0.2, 0) is 0 Å². The summed E-state index contributed by atoms with van der Waals surface area (Å²) in [5.41, 5.74) is -0.0877. The van der Waals surface area contributed by atoms with Crippen LogP contribution in [0.5, 0.6) is 11.6 Å². The molecule has 0 unspecified atom stereocenters. The molecule has 0 bridgehead atoms. The minimum absolute atomic E-state index is 0.0557. The Morgan fingerprint density at radius 1 is 1.38 bits per heavy atom. The van der Waals surface area contributed by atoms with Gasteiger partial charge in [0.25, 0.3) is 5.69 Å². The second kappa shape index (κ2) is 5.53. The molecule has 1 heterocycles. The Bertz CT molecular complexity index is 732. The molecule has 0 atom stereocenters. The number of nitrogens with zero attached hydrogens (tertiary/aromatic N) is 2. The SMILES string of the molecule is Cc1cc(C(=O)O)cc(Oc2ccc([N+](=O)[O-])cc2F)n1. The second-order valence-corrected chi connectivity index (χ2v) is 4.11. The lowest BCUT2D eigenvalue weighted by Gasteiger charge is -2.07. The van der Waals surface area contributed by atoms with E-state index < -0.39 is 22.4 Å². The maximum absolute atomic E-state index is 13.7. The number of carboxylic acids is 1. The Morgan fingerprint density at radius 2 is 2.10 bits per heavy atom. The standard InChI is InChI=1S/C13H9FN2O5/c1-7-4-8(13(17)18)5-12(15-7)21-11-3-2-9(16(19)20)6-10(11)14/h2-6H,1H3,(H,17,18). The lowest BCUT2D eigenvalue weighted by molar-refractivity contribution is -0.385. The lowest BCUT2D eigenvalue weighted by atomic mass is 10.2. The summed E-state index contributed by atoms with van der Waals surface area (Å²) in [4.78, 5) is 24.6. The first kappa shape index (κ1) is 14.4. The molecule has 21 heavy (non-hydrogen) atoms. The van der Waals surface area contributed by atoms with Crippen molar-refractivity contribution in [3.05, 3.63) is 57.5 Å². The van der Waals surface area contributed by atoms with Gasteiger partial charge in [0.15, 0.2) is 11.6 Å². The van der Waals surface area contributed by atoms with Crippen LogP contribution in [0.4, 0.5) is 10.1 Å². The number of nitro groups is 1. The molecule has 0 aliphatic carbocycles. The van der Waals surface area contributed by atoms with Crippen molar-refractivity contribution in [1.29, 1.82) is 0 Å². The maximum atomic E-state index is 13.7. The molecule has 2 aromatic rings. The predicted molar refractivity (Wildman–Crippen MR) is 69.1 cm³/mol. The van der Waals surface area contributed by atoms with Crippen LogP contribution in [0.2, 0.25) is 0 Å². The van der Waals surface area contributed by atoms with E-state index in [1.54, 1.807) is 6.92 Å². The van der Waals surface area contributed by atoms with Crippen LogP contribution in [0.15, 0.2) is 30.3 Å². The van der Waals surface area contributed by atoms with Gasteiger partial charge in [0.1, 0.15) is 0 Å². The third-order valence-electron chi connectivity index (χ3n) is 2.52. The number of carboxylic acid groups (broad SMARTS) is 1. The van der Waals surface area contributed by atoms with E-state index in [0.717, 1.165) is 18.2 Å². The third-order valence-corrected chi connectivity index (χ3v) is 2.52. The van der Waals surface area contributed by atoms with E-state index in [1.165, 1.54) is 6.07 Å². The molecule has 0 aliphatic heterocycles. The second-order valence-electron chi connectivity index (χ2n) is 4.11. The van der Waals surface area contributed by atoms with Crippen LogP contribution in [0, 0.1) is 22.9 Å². The number of aromatic carboxylic acids is 1. The summed E-state index contributed by atoms with van der Waals surface area (Å²) in [5.74, 6) is -2.51. The smallest absolute Gasteiger partial charge is 0.335 e. The first-order valence-corrected chi connectivity index (χ1v) is 5.70. The molecule has 0 spiro atoms. The summed E-state index contributed by atoms with van der Waals surface area (Å²) in [6, 6.07) is 5.34. The number of non-ortho nitro benzene ring substituents is 1. The highest BCUT2D eigenvalue weighted by Crippen LogP contribution is 2.27. The van der Waals surface area contributed by atoms with E-state index in [4.69, 9.17) is 9.84 Å². The normalized spacial score (nSPS) is 10.2. The van der Waals surface area contributed by atoms with Gasteiger partial charge in [0, 0.05) is 17.8 Å². The number of hydrogen-bond acceptors (Lipinski definition) is 5. The highest BCUT2D eigenvalue weighted by Gasteiger charge is 2.14. The third kappa shape index (κ3) is 3.30. The first-order chi connectivity index (χ1) is 9.86. The molecule has 0 saturated carbocycles. The maximum Gasteiger partial charge on any atom is 0.335 e. The Balaban J connectivity index is 2.34. The summed E-state index contributed by atoms with van der Waals surface area (Å²) < 4.78 is 18.8. The van der Waals surface area contributed by atoms with Crippen LogP contribution in [0.25, 0.3) is 0 Å². The number of carbonyl (C=O) groups is 1. The number of nitro benzene ring substituents is 1. The largest absolute Gasteiger partial charge is 0.478 e. The van der Waals surface area contributed by atoms with Crippen molar-refractivity contribution in [1.82, 2.24) is 4.98 Å². The quantitative estimate of drug-likeness (QED) is 0.686. The summed E-state index contributed by atoms with van der Waals surface area (Å²) in [5, 5.41) is 19.4. The zero-order valence-electron chi connectivity index (χ0n) is 10.7. The van der Waals surface area contributed by atoms with Crippen LogP contribution in [-0.4, -0.2) is 21.0 Å². The molecular weight excluding hydrogens is 283 g/mol. The van der Waals surface area contributed by atoms with Crippen molar-refractivity contribution in [2.45, 2.75) is 6.92 Å². The van der Waals surface area contributed by atoms with Crippen LogP contribution >= 0.6 is 0 Å². The van der Waals surface area contributed by atoms with Crippen LogP contribution in [0.1, 0.15) is 16.1 Å². The number of aryl methyl sites for hydroxylation is 1. The Kier molecular flexibility index (Phi) is 3.79. The molecule has 2 rings (SSSR count). The highest BCUT2D eigenvalue weighted by atomic mass is 19.1. The summed E-state index contributed by atoms with van der Waals surface area (Å²) in [7, 11) is 0. The van der Waals surface area contributed by atoms with Gasteiger partial charge in [-0.3, -0.25) is 10.1 Å². The highest BCUT2D eigenvalue weighted by molar-refractivity contribution is 5.88. The number of halogens is 1. The van der Waals surface area contributed by atoms with Gasteiger partial charge < -0.3 is 9.84 Å². The fourth-order valence-electron chi connectivity index (χ4n) is 1.61. The van der Waals surface area contributed by atoms with E-state index in [9.17, 15) is 19.3 Å². The fraction of sp³-hybridized carbons (Fsp3) is 0.0769. The first-order valence-electron chi connectivity index (χ1n) is 5.70. The predicted octanol–water partition coefficient (Wildman–Crippen LogP) is 2.93. The van der Waals surface area contributed by atoms with Crippen molar-refractivity contribution in [2.24, 2.45) is 0 Å². The molecule has 1 aromatic heterocycles. The number of pyridine rings is 1. The molecule has 1 N–H and O–H groups in total. The molecular formula is C13H9FN2O5. The zero-order valence-corrected chi connectivity index (χ0v) is 10.7. The summed E-state index contributed by atoms with van der Waals surface area (Å²) >= 11 is 0. The van der Waals surface area contributed by atoms with Crippen molar-refractivity contribution >= 4 is 11.7 Å². The van der Waals surface area contributed by atoms with Crippen molar-refractivity contribution in [3.63, 3.8) is 0 Å². The minimum atomic E-state index is -1.17. The number of hydrogen-bond donors (Lipinski definition) is 1. The summed E-state index contributed by atoms with van der Waals surface area (Å²) in [6.07, 6.45) is 0.